The van der Waals surface area contributed by atoms with E-state index in [2.05, 4.69) is 15.7 Å². The monoisotopic (exact) mass is 290 g/mol. The topological polar surface area (TPSA) is 80.0 Å². The Morgan fingerprint density at radius 3 is 2.55 bits per heavy atom. The van der Waals surface area contributed by atoms with Crippen LogP contribution < -0.4 is 16.6 Å². The highest BCUT2D eigenvalue weighted by atomic mass is 35.5. The molecule has 2 aromatic rings. The molecule has 1 aromatic heterocycles. The Morgan fingerprint density at radius 1 is 1.20 bits per heavy atom. The summed E-state index contributed by atoms with van der Waals surface area (Å²) in [5.41, 5.74) is 4.03. The fourth-order valence-corrected chi connectivity index (χ4v) is 1.81. The van der Waals surface area contributed by atoms with Gasteiger partial charge >= 0.3 is 0 Å². The molecule has 0 saturated carbocycles. The number of hydrazine groups is 1. The van der Waals surface area contributed by atoms with E-state index in [9.17, 15) is 4.79 Å². The van der Waals surface area contributed by atoms with Crippen LogP contribution in [-0.2, 0) is 6.42 Å². The van der Waals surface area contributed by atoms with Crippen LogP contribution in [0.1, 0.15) is 15.9 Å². The number of hydrogen-bond acceptors (Lipinski definition) is 4. The molecule has 5 nitrogen and oxygen atoms in total. The van der Waals surface area contributed by atoms with Gasteiger partial charge in [0.25, 0.3) is 5.91 Å². The van der Waals surface area contributed by atoms with Crippen molar-refractivity contribution in [3.63, 3.8) is 0 Å². The first-order chi connectivity index (χ1) is 9.69. The molecular weight excluding hydrogens is 276 g/mol. The molecule has 0 atom stereocenters. The number of nitrogens with zero attached hydrogens (tertiary/aromatic N) is 1. The first kappa shape index (κ1) is 14.3. The van der Waals surface area contributed by atoms with Crippen LogP contribution >= 0.6 is 11.6 Å². The molecular formula is C14H15ClN4O. The van der Waals surface area contributed by atoms with E-state index in [-0.39, 0.29) is 5.91 Å². The fourth-order valence-electron chi connectivity index (χ4n) is 1.69. The highest BCUT2D eigenvalue weighted by Crippen LogP contribution is 2.09. The minimum absolute atomic E-state index is 0.157. The van der Waals surface area contributed by atoms with Gasteiger partial charge < -0.3 is 10.7 Å². The molecule has 0 aliphatic rings. The van der Waals surface area contributed by atoms with Gasteiger partial charge in [-0.2, -0.15) is 0 Å². The summed E-state index contributed by atoms with van der Waals surface area (Å²) in [7, 11) is 0. The lowest BCUT2D eigenvalue weighted by Gasteiger charge is -2.06. The molecule has 0 spiro atoms. The highest BCUT2D eigenvalue weighted by Gasteiger charge is 2.05. The summed E-state index contributed by atoms with van der Waals surface area (Å²) in [6, 6.07) is 10.9. The van der Waals surface area contributed by atoms with E-state index in [1.807, 2.05) is 24.3 Å². The Balaban J connectivity index is 1.83. The Bertz CT molecular complexity index is 569. The van der Waals surface area contributed by atoms with Crippen molar-refractivity contribution in [2.75, 3.05) is 12.0 Å². The van der Waals surface area contributed by atoms with Crippen LogP contribution in [0.25, 0.3) is 0 Å². The standard InChI is InChI=1S/C14H15ClN4O/c15-12-4-1-10(2-5-12)7-8-17-14(20)11-3-6-13(19-16)18-9-11/h1-6,9H,7-8,16H2,(H,17,20)(H,18,19). The number of carbonyl (C=O) groups excluding carboxylic acids is 1. The van der Waals surface area contributed by atoms with E-state index >= 15 is 0 Å². The summed E-state index contributed by atoms with van der Waals surface area (Å²) in [6.45, 7) is 0.553. The zero-order valence-electron chi connectivity index (χ0n) is 10.8. The lowest BCUT2D eigenvalue weighted by molar-refractivity contribution is 0.0954. The third-order valence-electron chi connectivity index (χ3n) is 2.79. The van der Waals surface area contributed by atoms with E-state index in [4.69, 9.17) is 17.4 Å². The molecule has 0 fully saturated rings. The Kier molecular flexibility index (Phi) is 4.92. The second kappa shape index (κ2) is 6.88. The maximum absolute atomic E-state index is 11.9. The quantitative estimate of drug-likeness (QED) is 0.581. The number of aromatic nitrogens is 1. The zero-order valence-corrected chi connectivity index (χ0v) is 11.5. The molecule has 0 aliphatic carbocycles. The predicted octanol–water partition coefficient (Wildman–Crippen LogP) is 1.99. The lowest BCUT2D eigenvalue weighted by Crippen LogP contribution is -2.25. The number of carbonyl (C=O) groups is 1. The highest BCUT2D eigenvalue weighted by molar-refractivity contribution is 6.30. The maximum atomic E-state index is 11.9. The van der Waals surface area contributed by atoms with Gasteiger partial charge in [-0.25, -0.2) is 10.8 Å². The number of pyridine rings is 1. The lowest BCUT2D eigenvalue weighted by atomic mass is 10.1. The van der Waals surface area contributed by atoms with Crippen LogP contribution in [0.2, 0.25) is 5.02 Å². The summed E-state index contributed by atoms with van der Waals surface area (Å²) < 4.78 is 0. The zero-order chi connectivity index (χ0) is 14.4. The number of halogens is 1. The van der Waals surface area contributed by atoms with E-state index in [1.165, 1.54) is 6.20 Å². The molecule has 20 heavy (non-hydrogen) atoms. The number of anilines is 1. The van der Waals surface area contributed by atoms with Crippen LogP contribution in [0.15, 0.2) is 42.6 Å². The van der Waals surface area contributed by atoms with Crippen LogP contribution in [0.5, 0.6) is 0 Å². The number of nitrogens with two attached hydrogens (primary N) is 1. The SMILES string of the molecule is NNc1ccc(C(=O)NCCc2ccc(Cl)cc2)cn1. The fraction of sp³-hybridized carbons (Fsp3) is 0.143. The molecule has 4 N–H and O–H groups in total. The maximum Gasteiger partial charge on any atom is 0.252 e. The Morgan fingerprint density at radius 2 is 1.95 bits per heavy atom. The summed E-state index contributed by atoms with van der Waals surface area (Å²) in [5, 5.41) is 3.54. The molecule has 1 heterocycles. The summed E-state index contributed by atoms with van der Waals surface area (Å²) in [5.74, 6) is 5.57. The number of nitrogens with one attached hydrogen (secondary N) is 2. The molecule has 0 radical (unpaired) electrons. The third-order valence-corrected chi connectivity index (χ3v) is 3.04. The first-order valence-electron chi connectivity index (χ1n) is 6.14. The van der Waals surface area contributed by atoms with Crippen molar-refractivity contribution in [1.29, 1.82) is 0 Å². The van der Waals surface area contributed by atoms with Gasteiger partial charge in [0.05, 0.1) is 5.56 Å². The predicted molar refractivity (Wildman–Crippen MR) is 79.5 cm³/mol. The van der Waals surface area contributed by atoms with Gasteiger partial charge in [-0.3, -0.25) is 4.79 Å². The molecule has 0 saturated heterocycles. The average molecular weight is 291 g/mol. The van der Waals surface area contributed by atoms with Crippen molar-refractivity contribution in [2.45, 2.75) is 6.42 Å². The van der Waals surface area contributed by atoms with E-state index < -0.39 is 0 Å². The van der Waals surface area contributed by atoms with Crippen molar-refractivity contribution in [1.82, 2.24) is 10.3 Å². The summed E-state index contributed by atoms with van der Waals surface area (Å²) in [6.07, 6.45) is 2.23. The first-order valence-corrected chi connectivity index (χ1v) is 6.52. The molecule has 1 amide bonds. The van der Waals surface area contributed by atoms with E-state index in [0.717, 1.165) is 12.0 Å². The van der Waals surface area contributed by atoms with Crippen molar-refractivity contribution >= 4 is 23.3 Å². The smallest absolute Gasteiger partial charge is 0.252 e. The van der Waals surface area contributed by atoms with Gasteiger partial charge in [-0.1, -0.05) is 23.7 Å². The van der Waals surface area contributed by atoms with Crippen LogP contribution in [0, 0.1) is 0 Å². The van der Waals surface area contributed by atoms with Gasteiger partial charge in [-0.05, 0) is 36.2 Å². The number of hydrogen-bond donors (Lipinski definition) is 3. The minimum atomic E-state index is -0.157. The van der Waals surface area contributed by atoms with Gasteiger partial charge in [0.15, 0.2) is 0 Å². The van der Waals surface area contributed by atoms with Gasteiger partial charge in [0.1, 0.15) is 5.82 Å². The number of amides is 1. The van der Waals surface area contributed by atoms with Gasteiger partial charge in [0.2, 0.25) is 0 Å². The van der Waals surface area contributed by atoms with E-state index in [1.54, 1.807) is 12.1 Å². The molecule has 1 aromatic carbocycles. The van der Waals surface area contributed by atoms with E-state index in [0.29, 0.717) is 22.9 Å². The average Bonchev–Trinajstić information content (AvgIpc) is 2.49. The van der Waals surface area contributed by atoms with Gasteiger partial charge in [-0.15, -0.1) is 0 Å². The molecule has 104 valence electrons. The third kappa shape index (κ3) is 3.94. The second-order valence-electron chi connectivity index (χ2n) is 4.21. The van der Waals surface area contributed by atoms with Gasteiger partial charge in [0, 0.05) is 17.8 Å². The number of benzene rings is 1. The molecule has 0 bridgehead atoms. The number of rotatable bonds is 5. The van der Waals surface area contributed by atoms with Crippen LogP contribution in [-0.4, -0.2) is 17.4 Å². The minimum Gasteiger partial charge on any atom is -0.352 e. The largest absolute Gasteiger partial charge is 0.352 e. The normalized spacial score (nSPS) is 10.1. The number of nitrogen functional groups attached to an aromatic ring is 1. The van der Waals surface area contributed by atoms with Crippen molar-refractivity contribution < 1.29 is 4.79 Å². The summed E-state index contributed by atoms with van der Waals surface area (Å²) in [4.78, 5) is 15.8. The molecule has 0 aliphatic heterocycles. The second-order valence-corrected chi connectivity index (χ2v) is 4.65. The van der Waals surface area contributed by atoms with Crippen molar-refractivity contribution in [2.24, 2.45) is 5.84 Å². The summed E-state index contributed by atoms with van der Waals surface area (Å²) >= 11 is 5.81. The van der Waals surface area contributed by atoms with Crippen LogP contribution in [0.4, 0.5) is 5.82 Å². The Hall–Kier alpha value is -2.11. The van der Waals surface area contributed by atoms with Crippen molar-refractivity contribution in [3.05, 3.63) is 58.7 Å². The molecule has 0 unspecified atom stereocenters. The van der Waals surface area contributed by atoms with Crippen molar-refractivity contribution in [3.8, 4) is 0 Å². The molecule has 6 heteroatoms. The Labute approximate surface area is 122 Å². The molecule has 2 rings (SSSR count). The van der Waals surface area contributed by atoms with Crippen LogP contribution in [0.3, 0.4) is 0 Å².